The molecule has 41 heavy (non-hydrogen) atoms. The topological polar surface area (TPSA) is 137 Å². The molecular weight excluding hydrogens is 540 g/mol. The molecule has 2 aliphatic rings. The maximum absolute atomic E-state index is 13.6. The average Bonchev–Trinajstić information content (AvgIpc) is 2.95. The molecule has 5 rings (SSSR count). The molecule has 2 saturated heterocycles. The van der Waals surface area contributed by atoms with Gasteiger partial charge in [-0.25, -0.2) is 13.6 Å². The Hall–Kier alpha value is -3.90. The summed E-state index contributed by atoms with van der Waals surface area (Å²) in [6, 6.07) is 17.3. The van der Waals surface area contributed by atoms with E-state index in [1.54, 1.807) is 29.2 Å². The van der Waals surface area contributed by atoms with E-state index in [0.717, 1.165) is 5.56 Å². The van der Waals surface area contributed by atoms with Gasteiger partial charge in [0.15, 0.2) is 6.10 Å². The maximum atomic E-state index is 13.6. The highest BCUT2D eigenvalue weighted by Gasteiger charge is 2.48. The van der Waals surface area contributed by atoms with Crippen LogP contribution in [0.2, 0.25) is 0 Å². The molecular formula is C30H29F2NO8. The van der Waals surface area contributed by atoms with E-state index in [4.69, 9.17) is 9.47 Å². The first-order valence-electron chi connectivity index (χ1n) is 13.2. The third kappa shape index (κ3) is 6.08. The number of aliphatic hydroxyl groups excluding tert-OH is 3. The van der Waals surface area contributed by atoms with Gasteiger partial charge < -0.3 is 34.8 Å². The number of amides is 1. The molecule has 0 spiro atoms. The number of hydrogen-bond acceptors (Lipinski definition) is 7. The second kappa shape index (κ2) is 11.9. The lowest BCUT2D eigenvalue weighted by molar-refractivity contribution is -0.228. The van der Waals surface area contributed by atoms with Crippen LogP contribution in [0.4, 0.5) is 14.5 Å². The second-order valence-electron chi connectivity index (χ2n) is 10.2. The van der Waals surface area contributed by atoms with Gasteiger partial charge in [0.25, 0.3) is 0 Å². The molecule has 3 aromatic carbocycles. The summed E-state index contributed by atoms with van der Waals surface area (Å²) in [4.78, 5) is 26.2. The van der Waals surface area contributed by atoms with Crippen molar-refractivity contribution in [1.29, 1.82) is 0 Å². The molecule has 1 amide bonds. The van der Waals surface area contributed by atoms with Crippen molar-refractivity contribution < 1.29 is 48.3 Å². The quantitative estimate of drug-likeness (QED) is 0.288. The summed E-state index contributed by atoms with van der Waals surface area (Å²) >= 11 is 0. The maximum Gasteiger partial charge on any atom is 0.335 e. The standard InChI is InChI=1S/C30H29F2NO8/c31-18-5-1-16(2-6-18)23(34)14-13-22-26(33(29(22)37)20-9-7-19(32)8-10-20)17-3-11-21(12-4-17)40-25-15-24(35)27(36)28(41-25)30(38)39/h1-12,22-28,34-36H,13-15H2,(H,38,39)/t22-,23+,24-,25-,26-,27+,28+/m1/s1. The molecule has 11 heteroatoms. The number of carbonyl (C=O) groups is 2. The van der Waals surface area contributed by atoms with Crippen LogP contribution < -0.4 is 9.64 Å². The van der Waals surface area contributed by atoms with Crippen molar-refractivity contribution >= 4 is 17.6 Å². The smallest absolute Gasteiger partial charge is 0.335 e. The van der Waals surface area contributed by atoms with Gasteiger partial charge in [-0.1, -0.05) is 24.3 Å². The van der Waals surface area contributed by atoms with Crippen molar-refractivity contribution in [1.82, 2.24) is 0 Å². The molecule has 0 aromatic heterocycles. The fraction of sp³-hybridized carbons (Fsp3) is 0.333. The minimum atomic E-state index is -1.64. The zero-order chi connectivity index (χ0) is 29.3. The number of benzene rings is 3. The minimum Gasteiger partial charge on any atom is -0.479 e. The van der Waals surface area contributed by atoms with E-state index in [2.05, 4.69) is 0 Å². The molecule has 9 nitrogen and oxygen atoms in total. The number of aliphatic hydroxyl groups is 3. The summed E-state index contributed by atoms with van der Waals surface area (Å²) < 4.78 is 37.9. The Morgan fingerprint density at radius 3 is 2.20 bits per heavy atom. The molecule has 0 radical (unpaired) electrons. The summed E-state index contributed by atoms with van der Waals surface area (Å²) in [5.74, 6) is -2.64. The van der Waals surface area contributed by atoms with Crippen molar-refractivity contribution in [2.24, 2.45) is 5.92 Å². The number of ether oxygens (including phenoxy) is 2. The summed E-state index contributed by atoms with van der Waals surface area (Å²) in [6.45, 7) is 0. The van der Waals surface area contributed by atoms with E-state index in [1.807, 2.05) is 0 Å². The Balaban J connectivity index is 1.32. The number of carboxylic acid groups (broad SMARTS) is 1. The van der Waals surface area contributed by atoms with Gasteiger partial charge in [0.1, 0.15) is 23.5 Å². The molecule has 3 aromatic rings. The van der Waals surface area contributed by atoms with E-state index in [0.29, 0.717) is 23.4 Å². The van der Waals surface area contributed by atoms with Crippen molar-refractivity contribution in [3.8, 4) is 5.75 Å². The Morgan fingerprint density at radius 2 is 1.59 bits per heavy atom. The fourth-order valence-corrected chi connectivity index (χ4v) is 5.30. The van der Waals surface area contributed by atoms with Crippen LogP contribution in [-0.4, -0.2) is 56.9 Å². The van der Waals surface area contributed by atoms with Crippen LogP contribution in [0.15, 0.2) is 72.8 Å². The number of carboxylic acids is 1. The highest BCUT2D eigenvalue weighted by Crippen LogP contribution is 2.46. The van der Waals surface area contributed by atoms with Crippen molar-refractivity contribution in [3.63, 3.8) is 0 Å². The Morgan fingerprint density at radius 1 is 0.976 bits per heavy atom. The Bertz CT molecular complexity index is 1370. The first-order valence-corrected chi connectivity index (χ1v) is 13.2. The average molecular weight is 570 g/mol. The molecule has 0 saturated carbocycles. The highest BCUT2D eigenvalue weighted by molar-refractivity contribution is 6.03. The molecule has 0 unspecified atom stereocenters. The van der Waals surface area contributed by atoms with E-state index in [9.17, 15) is 38.8 Å². The van der Waals surface area contributed by atoms with Gasteiger partial charge in [-0.3, -0.25) is 4.79 Å². The van der Waals surface area contributed by atoms with Crippen LogP contribution in [-0.2, 0) is 14.3 Å². The Kier molecular flexibility index (Phi) is 8.32. The predicted molar refractivity (Wildman–Crippen MR) is 141 cm³/mol. The number of nitrogens with zero attached hydrogens (tertiary/aromatic N) is 1. The number of halogens is 2. The first-order chi connectivity index (χ1) is 19.6. The van der Waals surface area contributed by atoms with Gasteiger partial charge in [0, 0.05) is 12.1 Å². The summed E-state index contributed by atoms with van der Waals surface area (Å²) in [5, 5.41) is 39.7. The van der Waals surface area contributed by atoms with E-state index >= 15 is 0 Å². The summed E-state index contributed by atoms with van der Waals surface area (Å²) in [7, 11) is 0. The number of β-lactam (4-membered cyclic amide) rings is 1. The van der Waals surface area contributed by atoms with Crippen molar-refractivity contribution in [2.75, 3.05) is 4.90 Å². The largest absolute Gasteiger partial charge is 0.479 e. The van der Waals surface area contributed by atoms with Crippen LogP contribution in [0.25, 0.3) is 0 Å². The van der Waals surface area contributed by atoms with E-state index in [-0.39, 0.29) is 18.7 Å². The van der Waals surface area contributed by atoms with Crippen LogP contribution in [0.3, 0.4) is 0 Å². The number of anilines is 1. The molecule has 2 aliphatic heterocycles. The van der Waals surface area contributed by atoms with E-state index in [1.165, 1.54) is 48.5 Å². The van der Waals surface area contributed by atoms with Gasteiger partial charge in [0.05, 0.1) is 24.2 Å². The number of hydrogen-bond donors (Lipinski definition) is 4. The minimum absolute atomic E-state index is 0.138. The fourth-order valence-electron chi connectivity index (χ4n) is 5.30. The zero-order valence-corrected chi connectivity index (χ0v) is 21.7. The number of aliphatic carboxylic acids is 1. The molecule has 7 atom stereocenters. The van der Waals surface area contributed by atoms with Crippen LogP contribution in [0, 0.1) is 17.6 Å². The Labute approximate surface area is 234 Å². The SMILES string of the molecule is O=C(O)[C@H]1O[C@@H](Oc2ccc([C@@H]3[C@@H](CC[C@H](O)c4ccc(F)cc4)C(=O)N3c3ccc(F)cc3)cc2)C[C@@H](O)[C@@H]1O. The lowest BCUT2D eigenvalue weighted by Crippen LogP contribution is -2.55. The number of carbonyl (C=O) groups excluding carboxylic acids is 1. The molecule has 0 bridgehead atoms. The lowest BCUT2D eigenvalue weighted by atomic mass is 9.78. The third-order valence-electron chi connectivity index (χ3n) is 7.49. The van der Waals surface area contributed by atoms with Gasteiger partial charge in [-0.15, -0.1) is 0 Å². The number of rotatable bonds is 9. The summed E-state index contributed by atoms with van der Waals surface area (Å²) in [5.41, 5.74) is 1.80. The van der Waals surface area contributed by atoms with Gasteiger partial charge >= 0.3 is 5.97 Å². The van der Waals surface area contributed by atoms with Crippen LogP contribution in [0.5, 0.6) is 5.75 Å². The lowest BCUT2D eigenvalue weighted by Gasteiger charge is -2.48. The second-order valence-corrected chi connectivity index (χ2v) is 10.2. The predicted octanol–water partition coefficient (Wildman–Crippen LogP) is 3.48. The molecule has 0 aliphatic carbocycles. The van der Waals surface area contributed by atoms with Crippen LogP contribution in [0.1, 0.15) is 42.5 Å². The monoisotopic (exact) mass is 569 g/mol. The van der Waals surface area contributed by atoms with Crippen LogP contribution >= 0.6 is 0 Å². The highest BCUT2D eigenvalue weighted by atomic mass is 19.1. The van der Waals surface area contributed by atoms with E-state index < -0.39 is 60.3 Å². The van der Waals surface area contributed by atoms with Crippen molar-refractivity contribution in [3.05, 3.63) is 95.6 Å². The van der Waals surface area contributed by atoms with Gasteiger partial charge in [-0.05, 0) is 72.5 Å². The van der Waals surface area contributed by atoms with Gasteiger partial charge in [-0.2, -0.15) is 0 Å². The molecule has 2 fully saturated rings. The summed E-state index contributed by atoms with van der Waals surface area (Å²) in [6.07, 6.45) is -6.10. The normalized spacial score (nSPS) is 26.8. The molecule has 2 heterocycles. The third-order valence-corrected chi connectivity index (χ3v) is 7.49. The molecule has 216 valence electrons. The first kappa shape index (κ1) is 28.6. The molecule has 4 N–H and O–H groups in total. The van der Waals surface area contributed by atoms with Crippen molar-refractivity contribution in [2.45, 2.75) is 56.0 Å². The zero-order valence-electron chi connectivity index (χ0n) is 21.7. The van der Waals surface area contributed by atoms with Gasteiger partial charge in [0.2, 0.25) is 12.2 Å².